The zero-order chi connectivity index (χ0) is 32.0. The van der Waals surface area contributed by atoms with Crippen molar-refractivity contribution in [3.63, 3.8) is 0 Å². The summed E-state index contributed by atoms with van der Waals surface area (Å²) in [6.45, 7) is 2.35. The average Bonchev–Trinajstić information content (AvgIpc) is 3.56. The largest absolute Gasteiger partial charge is 0.208 e. The lowest BCUT2D eigenvalue weighted by atomic mass is 9.92. The number of allylic oxidation sites excluding steroid dienone is 5. The predicted molar refractivity (Wildman–Crippen MR) is 203 cm³/mol. The van der Waals surface area contributed by atoms with Crippen LogP contribution in [-0.4, -0.2) is 15.0 Å². The van der Waals surface area contributed by atoms with Gasteiger partial charge < -0.3 is 0 Å². The number of thiophene rings is 1. The minimum atomic E-state index is 0.573. The summed E-state index contributed by atoms with van der Waals surface area (Å²) in [5.74, 6) is 2.65. The van der Waals surface area contributed by atoms with Crippen molar-refractivity contribution in [1.82, 2.24) is 15.0 Å². The van der Waals surface area contributed by atoms with Crippen molar-refractivity contribution in [1.29, 1.82) is 0 Å². The zero-order valence-corrected chi connectivity index (χ0v) is 27.5. The highest BCUT2D eigenvalue weighted by Gasteiger charge is 2.20. The van der Waals surface area contributed by atoms with Crippen LogP contribution in [-0.2, 0) is 0 Å². The van der Waals surface area contributed by atoms with Crippen molar-refractivity contribution in [2.45, 2.75) is 32.1 Å². The van der Waals surface area contributed by atoms with Crippen LogP contribution < -0.4 is 0 Å². The lowest BCUT2D eigenvalue weighted by Gasteiger charge is -2.12. The van der Waals surface area contributed by atoms with Crippen LogP contribution >= 0.6 is 11.3 Å². The van der Waals surface area contributed by atoms with Crippen LogP contribution in [0.3, 0.4) is 0 Å². The molecule has 1 unspecified atom stereocenters. The molecule has 2 aromatic heterocycles. The van der Waals surface area contributed by atoms with Crippen molar-refractivity contribution in [3.05, 3.63) is 150 Å². The summed E-state index contributed by atoms with van der Waals surface area (Å²) in [6.07, 6.45) is 14.4. The molecule has 0 fully saturated rings. The normalized spacial score (nSPS) is 15.5. The van der Waals surface area contributed by atoms with Crippen molar-refractivity contribution in [2.24, 2.45) is 0 Å². The van der Waals surface area contributed by atoms with Gasteiger partial charge in [0.2, 0.25) is 0 Å². The van der Waals surface area contributed by atoms with Gasteiger partial charge in [0.25, 0.3) is 0 Å². The van der Waals surface area contributed by atoms with E-state index >= 15 is 0 Å². The number of rotatable bonds is 5. The monoisotopic (exact) mass is 635 g/mol. The Morgan fingerprint density at radius 1 is 0.562 bits per heavy atom. The Labute approximate surface area is 284 Å². The van der Waals surface area contributed by atoms with Crippen molar-refractivity contribution < 1.29 is 0 Å². The van der Waals surface area contributed by atoms with Crippen LogP contribution in [0.15, 0.2) is 133 Å². The quantitative estimate of drug-likeness (QED) is 0.189. The Morgan fingerprint density at radius 3 is 2.06 bits per heavy atom. The molecule has 7 aromatic rings. The number of hydrogen-bond acceptors (Lipinski definition) is 4. The van der Waals surface area contributed by atoms with Crippen molar-refractivity contribution in [3.8, 4) is 45.0 Å². The first-order valence-electron chi connectivity index (χ1n) is 16.7. The van der Waals surface area contributed by atoms with Crippen molar-refractivity contribution >= 4 is 43.8 Å². The van der Waals surface area contributed by atoms with Gasteiger partial charge in [-0.3, -0.25) is 0 Å². The molecular formula is C44H33N3S. The summed E-state index contributed by atoms with van der Waals surface area (Å²) in [6, 6.07) is 39.1. The first kappa shape index (κ1) is 28.7. The molecule has 2 aliphatic carbocycles. The van der Waals surface area contributed by atoms with Crippen LogP contribution in [0.1, 0.15) is 48.4 Å². The number of nitrogens with zero attached hydrogens (tertiary/aromatic N) is 3. The number of hydrogen-bond donors (Lipinski definition) is 0. The Hall–Kier alpha value is -5.45. The van der Waals surface area contributed by atoms with E-state index in [0.29, 0.717) is 23.4 Å². The van der Waals surface area contributed by atoms with E-state index in [0.717, 1.165) is 47.1 Å². The van der Waals surface area contributed by atoms with Gasteiger partial charge in [0.05, 0.1) is 0 Å². The molecule has 3 nitrogen and oxygen atoms in total. The third-order valence-electron chi connectivity index (χ3n) is 9.55. The lowest BCUT2D eigenvalue weighted by molar-refractivity contribution is 0.791. The van der Waals surface area contributed by atoms with Gasteiger partial charge in [0.15, 0.2) is 17.5 Å². The highest BCUT2D eigenvalue weighted by molar-refractivity contribution is 7.20. The van der Waals surface area contributed by atoms with Gasteiger partial charge in [-0.15, -0.1) is 11.3 Å². The molecular weight excluding hydrogens is 603 g/mol. The smallest absolute Gasteiger partial charge is 0.164 e. The molecule has 4 heteroatoms. The van der Waals surface area contributed by atoms with Crippen LogP contribution in [0.25, 0.3) is 77.5 Å². The minimum absolute atomic E-state index is 0.573. The van der Waals surface area contributed by atoms with Gasteiger partial charge in [-0.25, -0.2) is 15.0 Å². The maximum atomic E-state index is 5.00. The summed E-state index contributed by atoms with van der Waals surface area (Å²) < 4.78 is 1.40. The highest BCUT2D eigenvalue weighted by atomic mass is 32.1. The van der Waals surface area contributed by atoms with Gasteiger partial charge in [0, 0.05) is 37.0 Å². The summed E-state index contributed by atoms with van der Waals surface area (Å²) in [4.78, 5) is 16.4. The molecule has 0 amide bonds. The molecule has 0 spiro atoms. The molecule has 5 aromatic carbocycles. The van der Waals surface area contributed by atoms with Crippen LogP contribution in [0, 0.1) is 0 Å². The van der Waals surface area contributed by atoms with Gasteiger partial charge in [0.1, 0.15) is 0 Å². The Bertz CT molecular complexity index is 2450. The Morgan fingerprint density at radius 2 is 1.25 bits per heavy atom. The first-order chi connectivity index (χ1) is 23.7. The molecule has 0 saturated carbocycles. The Kier molecular flexibility index (Phi) is 7.17. The summed E-state index contributed by atoms with van der Waals surface area (Å²) >= 11 is 1.98. The molecule has 9 rings (SSSR count). The van der Waals surface area contributed by atoms with E-state index in [4.69, 9.17) is 15.0 Å². The molecule has 2 aliphatic rings. The molecule has 1 atom stereocenters. The van der Waals surface area contributed by atoms with E-state index < -0.39 is 0 Å². The van der Waals surface area contributed by atoms with Gasteiger partial charge >= 0.3 is 0 Å². The summed E-state index contributed by atoms with van der Waals surface area (Å²) in [5.41, 5.74) is 9.16. The van der Waals surface area contributed by atoms with Gasteiger partial charge in [-0.2, -0.15) is 0 Å². The van der Waals surface area contributed by atoms with E-state index in [1.54, 1.807) is 0 Å². The van der Waals surface area contributed by atoms with E-state index in [2.05, 4.69) is 128 Å². The predicted octanol–water partition coefficient (Wildman–Crippen LogP) is 12.2. The van der Waals surface area contributed by atoms with Crippen LogP contribution in [0.2, 0.25) is 0 Å². The lowest BCUT2D eigenvalue weighted by Crippen LogP contribution is -2.03. The van der Waals surface area contributed by atoms with Gasteiger partial charge in [-0.1, -0.05) is 134 Å². The molecule has 48 heavy (non-hydrogen) atoms. The second-order valence-corrected chi connectivity index (χ2v) is 13.8. The molecule has 0 saturated heterocycles. The summed E-state index contributed by atoms with van der Waals surface area (Å²) in [5, 5.41) is 4.00. The fraction of sp³-hybridized carbons (Fsp3) is 0.114. The number of benzene rings is 5. The Balaban J connectivity index is 1.12. The zero-order valence-electron chi connectivity index (χ0n) is 26.7. The highest BCUT2D eigenvalue weighted by Crippen LogP contribution is 2.45. The molecule has 0 bridgehead atoms. The molecule has 230 valence electrons. The van der Waals surface area contributed by atoms with Gasteiger partial charge in [-0.05, 0) is 70.5 Å². The number of aromatic nitrogens is 3. The summed E-state index contributed by atoms with van der Waals surface area (Å²) in [7, 11) is 0. The maximum absolute atomic E-state index is 5.00. The number of fused-ring (bicyclic) bond motifs is 5. The standard InChI is InChI=1S/C44H33N3S/c1-28-12-8-22-38-39-25-24-36-35(21-11-23-37(36)41(39)48-40(28)38)33-19-9-17-31(26-33)32-18-10-20-34(27-32)44-46-42(29-13-4-2-5-14-29)45-43(47-44)30-15-6-3-7-16-30/h2,4-6,8-11,13-28H,3,7,12H2,1H3. The second kappa shape index (κ2) is 12.0. The SMILES string of the molecule is CC1CC=Cc2c1sc1c2ccc2c(-c3cccc(-c4cccc(-c5nc(C6=CCCC=C6)nc(-c6ccccc6)n5)c4)c3)cccc21. The van der Waals surface area contributed by atoms with E-state index in [-0.39, 0.29) is 0 Å². The van der Waals surface area contributed by atoms with E-state index in [1.165, 1.54) is 42.4 Å². The second-order valence-electron chi connectivity index (χ2n) is 12.7. The van der Waals surface area contributed by atoms with Crippen LogP contribution in [0.4, 0.5) is 0 Å². The van der Waals surface area contributed by atoms with E-state index in [9.17, 15) is 0 Å². The van der Waals surface area contributed by atoms with Crippen LogP contribution in [0.5, 0.6) is 0 Å². The third kappa shape index (κ3) is 5.10. The van der Waals surface area contributed by atoms with Crippen molar-refractivity contribution in [2.75, 3.05) is 0 Å². The third-order valence-corrected chi connectivity index (χ3v) is 11.0. The first-order valence-corrected chi connectivity index (χ1v) is 17.6. The molecule has 0 radical (unpaired) electrons. The minimum Gasteiger partial charge on any atom is -0.208 e. The molecule has 0 aliphatic heterocycles. The topological polar surface area (TPSA) is 38.7 Å². The fourth-order valence-electron chi connectivity index (χ4n) is 7.07. The van der Waals surface area contributed by atoms with E-state index in [1.807, 2.05) is 29.5 Å². The maximum Gasteiger partial charge on any atom is 0.164 e. The molecule has 0 N–H and O–H groups in total. The molecule has 2 heterocycles. The fourth-order valence-corrected chi connectivity index (χ4v) is 8.45. The average molecular weight is 636 g/mol.